The van der Waals surface area contributed by atoms with E-state index in [1.54, 1.807) is 0 Å². The van der Waals surface area contributed by atoms with Crippen molar-refractivity contribution < 1.29 is 0 Å². The van der Waals surface area contributed by atoms with Gasteiger partial charge in [0.05, 0.1) is 0 Å². The van der Waals surface area contributed by atoms with Crippen LogP contribution in [0.3, 0.4) is 0 Å². The molecule has 1 aliphatic rings. The molecule has 1 aromatic carbocycles. The number of nitrogens with one attached hydrogen (secondary N) is 1. The zero-order chi connectivity index (χ0) is 12.8. The molecule has 0 amide bonds. The fourth-order valence-corrected chi connectivity index (χ4v) is 2.81. The van der Waals surface area contributed by atoms with Gasteiger partial charge in [0.1, 0.15) is 0 Å². The van der Waals surface area contributed by atoms with Gasteiger partial charge in [-0.2, -0.15) is 0 Å². The maximum absolute atomic E-state index is 6.23. The van der Waals surface area contributed by atoms with E-state index in [-0.39, 0.29) is 12.4 Å². The van der Waals surface area contributed by atoms with Crippen LogP contribution in [0.25, 0.3) is 0 Å². The van der Waals surface area contributed by atoms with Crippen molar-refractivity contribution in [3.63, 3.8) is 0 Å². The van der Waals surface area contributed by atoms with Crippen molar-refractivity contribution in [3.05, 3.63) is 34.9 Å². The molecular formula is C15H24Cl2N2. The van der Waals surface area contributed by atoms with Gasteiger partial charge in [-0.25, -0.2) is 0 Å². The van der Waals surface area contributed by atoms with E-state index >= 15 is 0 Å². The lowest BCUT2D eigenvalue weighted by atomic mass is 9.99. The summed E-state index contributed by atoms with van der Waals surface area (Å²) in [6.07, 6.45) is 2.67. The molecule has 4 heteroatoms. The van der Waals surface area contributed by atoms with Gasteiger partial charge in [0.25, 0.3) is 0 Å². The predicted octanol–water partition coefficient (Wildman–Crippen LogP) is 3.58. The van der Waals surface area contributed by atoms with Crippen LogP contribution in [0.5, 0.6) is 0 Å². The Morgan fingerprint density at radius 2 is 2.16 bits per heavy atom. The van der Waals surface area contributed by atoms with Gasteiger partial charge in [-0.15, -0.1) is 12.4 Å². The zero-order valence-corrected chi connectivity index (χ0v) is 13.1. The summed E-state index contributed by atoms with van der Waals surface area (Å²) >= 11 is 6.23. The minimum Gasteiger partial charge on any atom is -0.316 e. The van der Waals surface area contributed by atoms with Crippen molar-refractivity contribution in [3.8, 4) is 0 Å². The molecule has 0 spiro atoms. The molecule has 1 aliphatic heterocycles. The van der Waals surface area contributed by atoms with Crippen molar-refractivity contribution in [1.82, 2.24) is 10.2 Å². The standard InChI is InChI=1S/C15H23ClN2.ClH/c1-2-18(11-13-6-5-9-17-10-13)12-14-7-3-4-8-15(14)16;/h3-4,7-8,13,17H,2,5-6,9-12H2,1H3;1H. The van der Waals surface area contributed by atoms with Crippen LogP contribution in [0.4, 0.5) is 0 Å². The van der Waals surface area contributed by atoms with Gasteiger partial charge in [-0.3, -0.25) is 4.90 Å². The van der Waals surface area contributed by atoms with Crippen molar-refractivity contribution in [1.29, 1.82) is 0 Å². The van der Waals surface area contributed by atoms with Gasteiger partial charge in [0.2, 0.25) is 0 Å². The average molecular weight is 303 g/mol. The molecule has 0 bridgehead atoms. The van der Waals surface area contributed by atoms with Crippen LogP contribution in [0.15, 0.2) is 24.3 Å². The van der Waals surface area contributed by atoms with Crippen LogP contribution in [-0.2, 0) is 6.54 Å². The summed E-state index contributed by atoms with van der Waals surface area (Å²) in [6, 6.07) is 8.17. The molecule has 2 nitrogen and oxygen atoms in total. The number of benzene rings is 1. The molecular weight excluding hydrogens is 279 g/mol. The average Bonchev–Trinajstić information content (AvgIpc) is 2.41. The first-order valence-corrected chi connectivity index (χ1v) is 7.34. The molecule has 1 aromatic rings. The normalized spacial score (nSPS) is 19.2. The minimum atomic E-state index is 0. The van der Waals surface area contributed by atoms with Crippen LogP contribution in [0.2, 0.25) is 5.02 Å². The van der Waals surface area contributed by atoms with E-state index in [0.29, 0.717) is 0 Å². The van der Waals surface area contributed by atoms with E-state index in [2.05, 4.69) is 29.3 Å². The highest BCUT2D eigenvalue weighted by Gasteiger charge is 2.16. The highest BCUT2D eigenvalue weighted by molar-refractivity contribution is 6.31. The summed E-state index contributed by atoms with van der Waals surface area (Å²) < 4.78 is 0. The van der Waals surface area contributed by atoms with Gasteiger partial charge in [-0.05, 0) is 50.0 Å². The molecule has 0 saturated carbocycles. The van der Waals surface area contributed by atoms with Crippen molar-refractivity contribution in [2.45, 2.75) is 26.3 Å². The van der Waals surface area contributed by atoms with Crippen LogP contribution >= 0.6 is 24.0 Å². The smallest absolute Gasteiger partial charge is 0.0451 e. The molecule has 1 saturated heterocycles. The van der Waals surface area contributed by atoms with E-state index in [0.717, 1.165) is 24.0 Å². The second-order valence-corrected chi connectivity index (χ2v) is 5.54. The Morgan fingerprint density at radius 3 is 2.79 bits per heavy atom. The Labute approximate surface area is 127 Å². The van der Waals surface area contributed by atoms with Gasteiger partial charge >= 0.3 is 0 Å². The fourth-order valence-electron chi connectivity index (χ4n) is 2.62. The second-order valence-electron chi connectivity index (χ2n) is 5.13. The van der Waals surface area contributed by atoms with Crippen LogP contribution in [-0.4, -0.2) is 31.1 Å². The molecule has 0 aliphatic carbocycles. The Kier molecular flexibility index (Phi) is 7.77. The lowest BCUT2D eigenvalue weighted by Gasteiger charge is -2.29. The molecule has 1 unspecified atom stereocenters. The van der Waals surface area contributed by atoms with E-state index in [4.69, 9.17) is 11.6 Å². The van der Waals surface area contributed by atoms with E-state index in [1.807, 2.05) is 12.1 Å². The number of piperidine rings is 1. The molecule has 1 heterocycles. The van der Waals surface area contributed by atoms with Crippen molar-refractivity contribution >= 4 is 24.0 Å². The Morgan fingerprint density at radius 1 is 1.37 bits per heavy atom. The van der Waals surface area contributed by atoms with Gasteiger partial charge in [0.15, 0.2) is 0 Å². The van der Waals surface area contributed by atoms with Crippen molar-refractivity contribution in [2.24, 2.45) is 5.92 Å². The predicted molar refractivity (Wildman–Crippen MR) is 85.2 cm³/mol. The third-order valence-corrected chi connectivity index (χ3v) is 4.08. The lowest BCUT2D eigenvalue weighted by Crippen LogP contribution is -2.38. The van der Waals surface area contributed by atoms with Crippen molar-refractivity contribution in [2.75, 3.05) is 26.2 Å². The number of nitrogens with zero attached hydrogens (tertiary/aromatic N) is 1. The molecule has 1 atom stereocenters. The Balaban J connectivity index is 0.00000180. The monoisotopic (exact) mass is 302 g/mol. The molecule has 2 rings (SSSR count). The van der Waals surface area contributed by atoms with E-state index in [9.17, 15) is 0 Å². The third kappa shape index (κ3) is 5.31. The quantitative estimate of drug-likeness (QED) is 0.894. The highest BCUT2D eigenvalue weighted by atomic mass is 35.5. The van der Waals surface area contributed by atoms with E-state index in [1.165, 1.54) is 38.0 Å². The summed E-state index contributed by atoms with van der Waals surface area (Å²) in [7, 11) is 0. The number of rotatable bonds is 5. The van der Waals surface area contributed by atoms with E-state index < -0.39 is 0 Å². The second kappa shape index (κ2) is 8.80. The Hall–Kier alpha value is -0.280. The topological polar surface area (TPSA) is 15.3 Å². The first kappa shape index (κ1) is 16.8. The first-order valence-electron chi connectivity index (χ1n) is 6.96. The van der Waals surface area contributed by atoms with Crippen LogP contribution < -0.4 is 5.32 Å². The molecule has 0 radical (unpaired) electrons. The third-order valence-electron chi connectivity index (χ3n) is 3.71. The highest BCUT2D eigenvalue weighted by Crippen LogP contribution is 2.19. The minimum absolute atomic E-state index is 0. The van der Waals surface area contributed by atoms with Gasteiger partial charge < -0.3 is 5.32 Å². The number of halogens is 2. The fraction of sp³-hybridized carbons (Fsp3) is 0.600. The molecule has 1 N–H and O–H groups in total. The lowest BCUT2D eigenvalue weighted by molar-refractivity contribution is 0.210. The van der Waals surface area contributed by atoms with Gasteiger partial charge in [0, 0.05) is 18.1 Å². The molecule has 108 valence electrons. The maximum atomic E-state index is 6.23. The van der Waals surface area contributed by atoms with Crippen LogP contribution in [0, 0.1) is 5.92 Å². The largest absolute Gasteiger partial charge is 0.316 e. The summed E-state index contributed by atoms with van der Waals surface area (Å²) in [5.74, 6) is 0.793. The SMILES string of the molecule is CCN(Cc1ccccc1Cl)CC1CCCNC1.Cl. The summed E-state index contributed by atoms with van der Waals surface area (Å²) in [5, 5.41) is 4.37. The number of hydrogen-bond donors (Lipinski definition) is 1. The molecule has 0 aromatic heterocycles. The summed E-state index contributed by atoms with van der Waals surface area (Å²) in [6.45, 7) is 7.81. The van der Waals surface area contributed by atoms with Gasteiger partial charge in [-0.1, -0.05) is 36.7 Å². The maximum Gasteiger partial charge on any atom is 0.0451 e. The molecule has 1 fully saturated rings. The summed E-state index contributed by atoms with van der Waals surface area (Å²) in [4.78, 5) is 2.50. The number of hydrogen-bond acceptors (Lipinski definition) is 2. The first-order chi connectivity index (χ1) is 8.79. The summed E-state index contributed by atoms with van der Waals surface area (Å²) in [5.41, 5.74) is 1.24. The van der Waals surface area contributed by atoms with Crippen LogP contribution in [0.1, 0.15) is 25.3 Å². The Bertz CT molecular complexity index is 365. The zero-order valence-electron chi connectivity index (χ0n) is 11.6. The molecule has 19 heavy (non-hydrogen) atoms.